The number of nitrogens with zero attached hydrogens (tertiary/aromatic N) is 3. The molecule has 0 fully saturated rings. The van der Waals surface area contributed by atoms with Crippen molar-refractivity contribution in [3.8, 4) is 0 Å². The van der Waals surface area contributed by atoms with Crippen LogP contribution in [0.5, 0.6) is 0 Å². The first-order valence-electron chi connectivity index (χ1n) is 4.92. The van der Waals surface area contributed by atoms with Crippen molar-refractivity contribution in [3.63, 3.8) is 0 Å². The Labute approximate surface area is 112 Å². The van der Waals surface area contributed by atoms with Crippen molar-refractivity contribution in [1.29, 1.82) is 0 Å². The first kappa shape index (κ1) is 15.3. The van der Waals surface area contributed by atoms with Crippen LogP contribution in [0.25, 0.3) is 0 Å². The minimum atomic E-state index is -3.83. The van der Waals surface area contributed by atoms with Crippen LogP contribution < -0.4 is 15.8 Å². The number of carbonyl (C=O) groups is 1. The van der Waals surface area contributed by atoms with Gasteiger partial charge in [0.2, 0.25) is 15.4 Å². The van der Waals surface area contributed by atoms with Gasteiger partial charge in [0.25, 0.3) is 10.0 Å². The normalized spacial score (nSPS) is 12.4. The molecule has 0 radical (unpaired) electrons. The lowest BCUT2D eigenvalue weighted by atomic mass is 10.4. The van der Waals surface area contributed by atoms with Crippen molar-refractivity contribution in [2.75, 3.05) is 11.9 Å². The summed E-state index contributed by atoms with van der Waals surface area (Å²) >= 11 is 0.717. The molecule has 0 spiro atoms. The first-order valence-corrected chi connectivity index (χ1v) is 7.22. The number of carbonyl (C=O) groups excluding carboxylic acids is 1. The van der Waals surface area contributed by atoms with Crippen LogP contribution in [0.2, 0.25) is 0 Å². The van der Waals surface area contributed by atoms with Crippen molar-refractivity contribution in [1.82, 2.24) is 14.9 Å². The number of oxime groups is 1. The first-order chi connectivity index (χ1) is 8.85. The van der Waals surface area contributed by atoms with Gasteiger partial charge in [0.15, 0.2) is 0 Å². The van der Waals surface area contributed by atoms with E-state index >= 15 is 0 Å². The highest BCUT2D eigenvalue weighted by Gasteiger charge is 2.20. The maximum atomic E-state index is 11.7. The van der Waals surface area contributed by atoms with Gasteiger partial charge in [-0.15, -0.1) is 10.2 Å². The third-order valence-corrected chi connectivity index (χ3v) is 4.39. The topological polar surface area (TPSA) is 160 Å². The molecule has 12 heteroatoms. The molecule has 1 aromatic rings. The quantitative estimate of drug-likeness (QED) is 0.171. The van der Waals surface area contributed by atoms with E-state index < -0.39 is 10.0 Å². The number of amides is 1. The van der Waals surface area contributed by atoms with Crippen LogP contribution in [-0.2, 0) is 14.8 Å². The molecular formula is C7H12N6O4S2. The van der Waals surface area contributed by atoms with E-state index in [1.807, 2.05) is 0 Å². The molecule has 106 valence electrons. The third kappa shape index (κ3) is 4.76. The zero-order chi connectivity index (χ0) is 14.5. The molecule has 0 aliphatic heterocycles. The highest BCUT2D eigenvalue weighted by atomic mass is 32.2. The summed E-state index contributed by atoms with van der Waals surface area (Å²) in [5.41, 5.74) is 5.19. The summed E-state index contributed by atoms with van der Waals surface area (Å²) in [6, 6.07) is 0. The molecule has 0 aliphatic rings. The van der Waals surface area contributed by atoms with Crippen LogP contribution in [0.1, 0.15) is 13.3 Å². The van der Waals surface area contributed by atoms with Crippen molar-refractivity contribution in [2.24, 2.45) is 10.9 Å². The Bertz CT molecular complexity index is 580. The number of hydrogen-bond acceptors (Lipinski definition) is 8. The Hall–Kier alpha value is -1.79. The lowest BCUT2D eigenvalue weighted by Gasteiger charge is -2.01. The summed E-state index contributed by atoms with van der Waals surface area (Å²) in [4.78, 5) is 10.8. The maximum Gasteiger partial charge on any atom is 0.269 e. The Morgan fingerprint density at radius 3 is 2.79 bits per heavy atom. The molecule has 5 N–H and O–H groups in total. The van der Waals surface area contributed by atoms with Gasteiger partial charge in [-0.05, 0) is 0 Å². The SMILES string of the molecule is CC(=O)Nc1nnc(S(=O)(=O)NCCC(N)=NO)s1. The van der Waals surface area contributed by atoms with Crippen molar-refractivity contribution < 1.29 is 18.4 Å². The second-order valence-electron chi connectivity index (χ2n) is 3.29. The standard InChI is InChI=1S/C7H12N6O4S2/c1-4(14)10-6-11-12-7(18-6)19(16,17)9-3-2-5(8)13-15/h9,15H,2-3H2,1H3,(H2,8,13)(H,10,11,14). The van der Waals surface area contributed by atoms with Crippen LogP contribution in [0.3, 0.4) is 0 Å². The van der Waals surface area contributed by atoms with E-state index in [4.69, 9.17) is 10.9 Å². The van der Waals surface area contributed by atoms with E-state index in [0.29, 0.717) is 0 Å². The molecule has 0 bridgehead atoms. The molecule has 0 saturated heterocycles. The molecule has 0 saturated carbocycles. The molecule has 19 heavy (non-hydrogen) atoms. The van der Waals surface area contributed by atoms with E-state index in [9.17, 15) is 13.2 Å². The predicted molar refractivity (Wildman–Crippen MR) is 67.4 cm³/mol. The molecular weight excluding hydrogens is 296 g/mol. The highest BCUT2D eigenvalue weighted by molar-refractivity contribution is 7.91. The Morgan fingerprint density at radius 1 is 1.53 bits per heavy atom. The Morgan fingerprint density at radius 2 is 2.21 bits per heavy atom. The van der Waals surface area contributed by atoms with Gasteiger partial charge in [0, 0.05) is 19.9 Å². The lowest BCUT2D eigenvalue weighted by Crippen LogP contribution is -2.28. The van der Waals surface area contributed by atoms with Crippen LogP contribution in [0.4, 0.5) is 5.13 Å². The predicted octanol–water partition coefficient (Wildman–Crippen LogP) is -1.09. The zero-order valence-corrected chi connectivity index (χ0v) is 11.5. The van der Waals surface area contributed by atoms with Gasteiger partial charge in [0.05, 0.1) is 0 Å². The van der Waals surface area contributed by atoms with Gasteiger partial charge >= 0.3 is 0 Å². The van der Waals surface area contributed by atoms with Crippen LogP contribution in [-0.4, -0.2) is 42.1 Å². The molecule has 1 rings (SSSR count). The van der Waals surface area contributed by atoms with Crippen molar-refractivity contribution in [2.45, 2.75) is 17.7 Å². The number of amidine groups is 1. The van der Waals surface area contributed by atoms with Gasteiger partial charge in [-0.3, -0.25) is 4.79 Å². The smallest absolute Gasteiger partial charge is 0.269 e. The van der Waals surface area contributed by atoms with Gasteiger partial charge < -0.3 is 16.3 Å². The van der Waals surface area contributed by atoms with Gasteiger partial charge in [-0.25, -0.2) is 13.1 Å². The average molecular weight is 308 g/mol. The summed E-state index contributed by atoms with van der Waals surface area (Å²) < 4.78 is 25.4. The van der Waals surface area contributed by atoms with Gasteiger partial charge in [0.1, 0.15) is 5.84 Å². The second kappa shape index (κ2) is 6.40. The minimum Gasteiger partial charge on any atom is -0.409 e. The van der Waals surface area contributed by atoms with E-state index in [0.717, 1.165) is 11.3 Å². The summed E-state index contributed by atoms with van der Waals surface area (Å²) in [6.45, 7) is 1.22. The highest BCUT2D eigenvalue weighted by Crippen LogP contribution is 2.19. The van der Waals surface area contributed by atoms with Gasteiger partial charge in [-0.2, -0.15) is 0 Å². The summed E-state index contributed by atoms with van der Waals surface area (Å²) in [5.74, 6) is -0.473. The molecule has 0 aliphatic carbocycles. The number of aromatic nitrogens is 2. The number of anilines is 1. The Kier molecular flexibility index (Phi) is 5.14. The fraction of sp³-hybridized carbons (Fsp3) is 0.429. The number of rotatable bonds is 6. The van der Waals surface area contributed by atoms with E-state index in [-0.39, 0.29) is 34.2 Å². The number of sulfonamides is 1. The largest absolute Gasteiger partial charge is 0.409 e. The van der Waals surface area contributed by atoms with E-state index in [2.05, 4.69) is 25.4 Å². The van der Waals surface area contributed by atoms with Crippen LogP contribution in [0.15, 0.2) is 9.50 Å². The summed E-state index contributed by atoms with van der Waals surface area (Å²) in [6.07, 6.45) is 0.0487. The third-order valence-electron chi connectivity index (χ3n) is 1.72. The molecule has 1 heterocycles. The summed E-state index contributed by atoms with van der Waals surface area (Å²) in [7, 11) is -3.83. The molecule has 10 nitrogen and oxygen atoms in total. The zero-order valence-electron chi connectivity index (χ0n) is 9.82. The van der Waals surface area contributed by atoms with Crippen LogP contribution in [0, 0.1) is 0 Å². The molecule has 1 aromatic heterocycles. The minimum absolute atomic E-state index is 0.0483. The molecule has 0 atom stereocenters. The van der Waals surface area contributed by atoms with Crippen LogP contribution >= 0.6 is 11.3 Å². The number of nitrogens with one attached hydrogen (secondary N) is 2. The van der Waals surface area contributed by atoms with Gasteiger partial charge in [-0.1, -0.05) is 16.5 Å². The number of nitrogens with two attached hydrogens (primary N) is 1. The van der Waals surface area contributed by atoms with Crippen molar-refractivity contribution >= 4 is 38.2 Å². The van der Waals surface area contributed by atoms with Crippen molar-refractivity contribution in [3.05, 3.63) is 0 Å². The monoisotopic (exact) mass is 308 g/mol. The maximum absolute atomic E-state index is 11.7. The molecule has 0 aromatic carbocycles. The molecule has 0 unspecified atom stereocenters. The fourth-order valence-electron chi connectivity index (χ4n) is 0.945. The molecule has 1 amide bonds. The lowest BCUT2D eigenvalue weighted by molar-refractivity contribution is -0.114. The van der Waals surface area contributed by atoms with E-state index in [1.165, 1.54) is 6.92 Å². The Balaban J connectivity index is 2.67. The average Bonchev–Trinajstić information content (AvgIpc) is 2.76. The number of hydrogen-bond donors (Lipinski definition) is 4. The fourth-order valence-corrected chi connectivity index (χ4v) is 2.96. The summed E-state index contributed by atoms with van der Waals surface area (Å²) in [5, 5.41) is 20.4. The second-order valence-corrected chi connectivity index (χ2v) is 6.21. The van der Waals surface area contributed by atoms with E-state index in [1.54, 1.807) is 0 Å².